The first kappa shape index (κ1) is 16.7. The number of fused-ring (bicyclic) bond motifs is 1. The Labute approximate surface area is 143 Å². The molecule has 3 nitrogen and oxygen atoms in total. The summed E-state index contributed by atoms with van der Waals surface area (Å²) < 4.78 is 29.9. The summed E-state index contributed by atoms with van der Waals surface area (Å²) in [5, 5.41) is 1.46. The highest BCUT2D eigenvalue weighted by molar-refractivity contribution is 6.31. The van der Waals surface area contributed by atoms with Gasteiger partial charge in [-0.25, -0.2) is 8.78 Å². The molecular formula is C18H17ClF2N2O. The first-order chi connectivity index (χ1) is 11.3. The Kier molecular flexibility index (Phi) is 4.22. The predicted octanol–water partition coefficient (Wildman–Crippen LogP) is 4.17. The lowest BCUT2D eigenvalue weighted by Crippen LogP contribution is -2.43. The summed E-state index contributed by atoms with van der Waals surface area (Å²) in [5.41, 5.74) is 4.54. The van der Waals surface area contributed by atoms with E-state index in [1.54, 1.807) is 18.3 Å². The van der Waals surface area contributed by atoms with Crippen molar-refractivity contribution in [2.24, 2.45) is 5.73 Å². The maximum absolute atomic E-state index is 15.3. The van der Waals surface area contributed by atoms with Crippen LogP contribution in [0.15, 0.2) is 47.7 Å². The molecule has 0 aliphatic heterocycles. The number of alkyl halides is 2. The summed E-state index contributed by atoms with van der Waals surface area (Å²) in [7, 11) is 0. The zero-order valence-corrected chi connectivity index (χ0v) is 13.8. The number of halogens is 3. The molecule has 1 amide bonds. The summed E-state index contributed by atoms with van der Waals surface area (Å²) in [4.78, 5) is 14.4. The predicted molar refractivity (Wildman–Crippen MR) is 91.4 cm³/mol. The first-order valence-corrected chi connectivity index (χ1v) is 7.98. The van der Waals surface area contributed by atoms with Crippen molar-refractivity contribution in [2.45, 2.75) is 31.6 Å². The van der Waals surface area contributed by atoms with Gasteiger partial charge in [-0.1, -0.05) is 23.8 Å². The quantitative estimate of drug-likeness (QED) is 0.854. The summed E-state index contributed by atoms with van der Waals surface area (Å²) in [6, 6.07) is 5.39. The Morgan fingerprint density at radius 2 is 2.17 bits per heavy atom. The van der Waals surface area contributed by atoms with Gasteiger partial charge in [-0.15, -0.1) is 0 Å². The van der Waals surface area contributed by atoms with E-state index < -0.39 is 17.7 Å². The minimum Gasteiger partial charge on any atom is -0.366 e. The maximum Gasteiger partial charge on any atom is 0.247 e. The van der Waals surface area contributed by atoms with Crippen molar-refractivity contribution >= 4 is 28.4 Å². The number of aromatic nitrogens is 1. The van der Waals surface area contributed by atoms with Crippen LogP contribution in [-0.4, -0.2) is 22.7 Å². The SMILES string of the molecule is CC1=CC=C(C(N)=O)C(F)C1(F)CCc1c[nH]c2ccc(Cl)cc12. The lowest BCUT2D eigenvalue weighted by molar-refractivity contribution is -0.115. The summed E-state index contributed by atoms with van der Waals surface area (Å²) in [6.45, 7) is 1.52. The Balaban J connectivity index is 1.87. The number of rotatable bonds is 4. The molecular weight excluding hydrogens is 334 g/mol. The van der Waals surface area contributed by atoms with Gasteiger partial charge in [0.15, 0.2) is 11.8 Å². The van der Waals surface area contributed by atoms with Crippen molar-refractivity contribution in [1.29, 1.82) is 0 Å². The molecule has 1 aromatic heterocycles. The number of hydrogen-bond donors (Lipinski definition) is 2. The van der Waals surface area contributed by atoms with Gasteiger partial charge >= 0.3 is 0 Å². The van der Waals surface area contributed by atoms with Crippen LogP contribution < -0.4 is 5.73 Å². The van der Waals surface area contributed by atoms with Crippen LogP contribution in [0.1, 0.15) is 18.9 Å². The van der Waals surface area contributed by atoms with E-state index in [0.29, 0.717) is 11.4 Å². The van der Waals surface area contributed by atoms with E-state index in [0.717, 1.165) is 16.5 Å². The third-order valence-electron chi connectivity index (χ3n) is 4.62. The standard InChI is InChI=1S/C18H17ClF2N2O/c1-10-2-4-13(17(22)24)16(20)18(10,21)7-6-11-9-23-15-5-3-12(19)8-14(11)15/h2-5,8-9,16,23H,6-7H2,1H3,(H2,22,24). The van der Waals surface area contributed by atoms with Crippen LogP contribution in [0.4, 0.5) is 8.78 Å². The van der Waals surface area contributed by atoms with E-state index in [-0.39, 0.29) is 17.6 Å². The molecule has 2 atom stereocenters. The number of aryl methyl sites for hydroxylation is 1. The number of amides is 1. The number of hydrogen-bond acceptors (Lipinski definition) is 1. The van der Waals surface area contributed by atoms with Gasteiger partial charge in [-0.05, 0) is 49.1 Å². The number of carbonyl (C=O) groups excluding carboxylic acids is 1. The molecule has 0 fully saturated rings. The molecule has 2 unspecified atom stereocenters. The first-order valence-electron chi connectivity index (χ1n) is 7.60. The second-order valence-electron chi connectivity index (χ2n) is 6.06. The van der Waals surface area contributed by atoms with Gasteiger partial charge < -0.3 is 10.7 Å². The van der Waals surface area contributed by atoms with Crippen molar-refractivity contribution in [3.63, 3.8) is 0 Å². The zero-order chi connectivity index (χ0) is 17.5. The van der Waals surface area contributed by atoms with Gasteiger partial charge in [0.25, 0.3) is 0 Å². The second kappa shape index (κ2) is 6.06. The third kappa shape index (κ3) is 2.73. The molecule has 126 valence electrons. The highest BCUT2D eigenvalue weighted by Gasteiger charge is 2.46. The molecule has 3 N–H and O–H groups in total. The molecule has 0 bridgehead atoms. The Bertz CT molecular complexity index is 871. The monoisotopic (exact) mass is 350 g/mol. The number of nitrogens with one attached hydrogen (secondary N) is 1. The van der Waals surface area contributed by atoms with Gasteiger partial charge in [-0.3, -0.25) is 4.79 Å². The van der Waals surface area contributed by atoms with Gasteiger partial charge in [0.2, 0.25) is 5.91 Å². The lowest BCUT2D eigenvalue weighted by atomic mass is 9.79. The van der Waals surface area contributed by atoms with Crippen molar-refractivity contribution in [1.82, 2.24) is 4.98 Å². The highest BCUT2D eigenvalue weighted by Crippen LogP contribution is 2.40. The fourth-order valence-corrected chi connectivity index (χ4v) is 3.26. The number of primary amides is 1. The Hall–Kier alpha value is -2.14. The lowest BCUT2D eigenvalue weighted by Gasteiger charge is -2.33. The van der Waals surface area contributed by atoms with Crippen LogP contribution in [0.3, 0.4) is 0 Å². The van der Waals surface area contributed by atoms with Crippen LogP contribution in [0.25, 0.3) is 10.9 Å². The van der Waals surface area contributed by atoms with Crippen molar-refractivity contribution < 1.29 is 13.6 Å². The third-order valence-corrected chi connectivity index (χ3v) is 4.85. The normalized spacial score (nSPS) is 23.9. The smallest absolute Gasteiger partial charge is 0.247 e. The second-order valence-corrected chi connectivity index (χ2v) is 6.50. The average Bonchev–Trinajstić information content (AvgIpc) is 2.93. The van der Waals surface area contributed by atoms with Crippen molar-refractivity contribution in [3.05, 3.63) is 58.3 Å². The van der Waals surface area contributed by atoms with Crippen LogP contribution in [0, 0.1) is 0 Å². The summed E-state index contributed by atoms with van der Waals surface area (Å²) >= 11 is 6.01. The molecule has 0 radical (unpaired) electrons. The fraction of sp³-hybridized carbons (Fsp3) is 0.278. The van der Waals surface area contributed by atoms with Crippen molar-refractivity contribution in [2.75, 3.05) is 0 Å². The fourth-order valence-electron chi connectivity index (χ4n) is 3.09. The Morgan fingerprint density at radius 3 is 2.88 bits per heavy atom. The molecule has 0 spiro atoms. The topological polar surface area (TPSA) is 58.9 Å². The van der Waals surface area contributed by atoms with E-state index >= 15 is 4.39 Å². The molecule has 6 heteroatoms. The summed E-state index contributed by atoms with van der Waals surface area (Å²) in [5.74, 6) is -0.938. The zero-order valence-electron chi connectivity index (χ0n) is 13.1. The van der Waals surface area contributed by atoms with E-state index in [9.17, 15) is 9.18 Å². The minimum atomic E-state index is -2.25. The van der Waals surface area contributed by atoms with Gasteiger partial charge in [0, 0.05) is 22.1 Å². The van der Waals surface area contributed by atoms with Gasteiger partial charge in [-0.2, -0.15) is 0 Å². The highest BCUT2D eigenvalue weighted by atomic mass is 35.5. The number of allylic oxidation sites excluding steroid dienone is 3. The number of benzene rings is 1. The van der Waals surface area contributed by atoms with Gasteiger partial charge in [0.05, 0.1) is 5.57 Å². The molecule has 1 aliphatic carbocycles. The largest absolute Gasteiger partial charge is 0.366 e. The molecule has 0 saturated heterocycles. The molecule has 1 aromatic carbocycles. The van der Waals surface area contributed by atoms with Gasteiger partial charge in [0.1, 0.15) is 0 Å². The molecule has 2 aromatic rings. The molecule has 3 rings (SSSR count). The van der Waals surface area contributed by atoms with Crippen LogP contribution in [-0.2, 0) is 11.2 Å². The van der Waals surface area contributed by atoms with Crippen LogP contribution >= 0.6 is 11.6 Å². The molecule has 24 heavy (non-hydrogen) atoms. The number of aromatic amines is 1. The Morgan fingerprint density at radius 1 is 1.42 bits per heavy atom. The van der Waals surface area contributed by atoms with Crippen molar-refractivity contribution in [3.8, 4) is 0 Å². The molecule has 1 aliphatic rings. The number of H-pyrrole nitrogens is 1. The van der Waals surface area contributed by atoms with Crippen LogP contribution in [0.2, 0.25) is 5.02 Å². The maximum atomic E-state index is 15.3. The molecule has 1 heterocycles. The molecule has 0 saturated carbocycles. The van der Waals surface area contributed by atoms with E-state index in [4.69, 9.17) is 17.3 Å². The number of carbonyl (C=O) groups is 1. The minimum absolute atomic E-state index is 0.0966. The number of nitrogens with two attached hydrogens (primary N) is 1. The summed E-state index contributed by atoms with van der Waals surface area (Å²) in [6.07, 6.45) is 2.58. The van der Waals surface area contributed by atoms with E-state index in [1.165, 1.54) is 19.1 Å². The van der Waals surface area contributed by atoms with E-state index in [1.807, 2.05) is 6.07 Å². The average molecular weight is 351 g/mol. The van der Waals surface area contributed by atoms with E-state index in [2.05, 4.69) is 4.98 Å². The van der Waals surface area contributed by atoms with Crippen LogP contribution in [0.5, 0.6) is 0 Å².